The molecule has 1 aliphatic rings. The van der Waals surface area contributed by atoms with Crippen molar-refractivity contribution in [2.75, 3.05) is 33.4 Å². The Bertz CT molecular complexity index is 719. The van der Waals surface area contributed by atoms with E-state index in [-0.39, 0.29) is 18.1 Å². The molecule has 1 aromatic rings. The van der Waals surface area contributed by atoms with Gasteiger partial charge in [0.15, 0.2) is 0 Å². The van der Waals surface area contributed by atoms with Crippen molar-refractivity contribution in [3.63, 3.8) is 0 Å². The Morgan fingerprint density at radius 2 is 1.97 bits per heavy atom. The van der Waals surface area contributed by atoms with Crippen LogP contribution in [0.25, 0.3) is 5.57 Å². The molecule has 0 fully saturated rings. The summed E-state index contributed by atoms with van der Waals surface area (Å²) in [5, 5.41) is 0. The Morgan fingerprint density at radius 3 is 2.65 bits per heavy atom. The van der Waals surface area contributed by atoms with Gasteiger partial charge in [0, 0.05) is 17.9 Å². The summed E-state index contributed by atoms with van der Waals surface area (Å²) in [7, 11) is 2.14. The van der Waals surface area contributed by atoms with E-state index < -0.39 is 6.16 Å². The minimum atomic E-state index is -0.589. The molecule has 2 atom stereocenters. The Hall–Kier alpha value is -1.67. The molecule has 0 spiro atoms. The molecule has 2 heterocycles. The average Bonchev–Trinajstić information content (AvgIpc) is 3.18. The van der Waals surface area contributed by atoms with Crippen LogP contribution >= 0.6 is 11.7 Å². The Labute approximate surface area is 191 Å². The SMILES string of the molecule is CCCCCCOc1nsnc1C1=CCC[N+](C)(C(OC(=O)OCC(C)C)C(C)C)C1. The maximum atomic E-state index is 12.3. The first kappa shape index (κ1) is 25.6. The summed E-state index contributed by atoms with van der Waals surface area (Å²) in [6.07, 6.45) is 6.84. The highest BCUT2D eigenvalue weighted by atomic mass is 32.1. The fraction of sp³-hybridized carbons (Fsp3) is 0.783. The van der Waals surface area contributed by atoms with Crippen LogP contribution in [0.1, 0.15) is 72.4 Å². The summed E-state index contributed by atoms with van der Waals surface area (Å²) in [4.78, 5) is 12.3. The van der Waals surface area contributed by atoms with Crippen LogP contribution in [-0.4, -0.2) is 59.0 Å². The van der Waals surface area contributed by atoms with Gasteiger partial charge >= 0.3 is 6.16 Å². The number of ether oxygens (including phenoxy) is 3. The van der Waals surface area contributed by atoms with Crippen molar-refractivity contribution < 1.29 is 23.5 Å². The highest BCUT2D eigenvalue weighted by molar-refractivity contribution is 6.99. The molecule has 0 amide bonds. The van der Waals surface area contributed by atoms with Gasteiger partial charge < -0.3 is 14.2 Å². The first-order valence-electron chi connectivity index (χ1n) is 11.6. The molecule has 176 valence electrons. The Kier molecular flexibility index (Phi) is 10.2. The third-order valence-corrected chi connectivity index (χ3v) is 6.01. The minimum Gasteiger partial charge on any atom is -0.475 e. The molecular formula is C23H40N3O4S+. The van der Waals surface area contributed by atoms with Gasteiger partial charge in [-0.1, -0.05) is 60.0 Å². The molecule has 31 heavy (non-hydrogen) atoms. The van der Waals surface area contributed by atoms with Crippen LogP contribution in [0, 0.1) is 11.8 Å². The maximum absolute atomic E-state index is 12.3. The molecule has 0 bridgehead atoms. The number of aromatic nitrogens is 2. The predicted molar refractivity (Wildman–Crippen MR) is 124 cm³/mol. The van der Waals surface area contributed by atoms with Gasteiger partial charge in [0.1, 0.15) is 12.2 Å². The molecule has 0 saturated heterocycles. The van der Waals surface area contributed by atoms with Crippen molar-refractivity contribution in [1.82, 2.24) is 8.75 Å². The van der Waals surface area contributed by atoms with Crippen LogP contribution in [0.5, 0.6) is 5.88 Å². The normalized spacial score (nSPS) is 19.9. The first-order chi connectivity index (χ1) is 14.8. The number of carbonyl (C=O) groups excluding carboxylic acids is 1. The molecule has 7 nitrogen and oxygen atoms in total. The van der Waals surface area contributed by atoms with E-state index in [0.717, 1.165) is 30.7 Å². The Balaban J connectivity index is 2.06. The minimum absolute atomic E-state index is 0.152. The van der Waals surface area contributed by atoms with Crippen molar-refractivity contribution in [2.24, 2.45) is 11.8 Å². The van der Waals surface area contributed by atoms with E-state index in [9.17, 15) is 4.79 Å². The summed E-state index contributed by atoms with van der Waals surface area (Å²) in [6.45, 7) is 13.0. The number of carbonyl (C=O) groups is 1. The number of likely N-dealkylation sites (N-methyl/N-ethyl adjacent to an activating group) is 1. The fourth-order valence-corrected chi connectivity index (χ4v) is 4.51. The number of unbranched alkanes of at least 4 members (excludes halogenated alkanes) is 3. The number of hydrogen-bond acceptors (Lipinski definition) is 7. The van der Waals surface area contributed by atoms with Crippen molar-refractivity contribution in [2.45, 2.75) is 73.0 Å². The zero-order valence-corrected chi connectivity index (χ0v) is 20.9. The van der Waals surface area contributed by atoms with E-state index in [0.29, 0.717) is 30.1 Å². The lowest BCUT2D eigenvalue weighted by atomic mass is 10.0. The van der Waals surface area contributed by atoms with Crippen LogP contribution < -0.4 is 4.74 Å². The van der Waals surface area contributed by atoms with Gasteiger partial charge in [0.2, 0.25) is 6.23 Å². The standard InChI is InChI=1S/C23H40N3O4S/c1-7-8-9-10-14-28-21-20(24-31-25-21)19-12-11-13-26(6,15-19)22(18(4)5)30-23(27)29-16-17(2)3/h12,17-18,22H,7-11,13-16H2,1-6H3/q+1. The molecule has 1 aromatic heterocycles. The highest BCUT2D eigenvalue weighted by Gasteiger charge is 2.41. The molecule has 0 aliphatic carbocycles. The van der Waals surface area contributed by atoms with Crippen molar-refractivity contribution in [3.8, 4) is 5.88 Å². The molecule has 2 rings (SSSR count). The molecule has 0 saturated carbocycles. The van der Waals surface area contributed by atoms with Gasteiger partial charge in [-0.25, -0.2) is 4.79 Å². The maximum Gasteiger partial charge on any atom is 0.512 e. The van der Waals surface area contributed by atoms with Crippen LogP contribution in [0.3, 0.4) is 0 Å². The zero-order valence-electron chi connectivity index (χ0n) is 20.1. The topological polar surface area (TPSA) is 70.5 Å². The van der Waals surface area contributed by atoms with Crippen molar-refractivity contribution in [1.29, 1.82) is 0 Å². The first-order valence-corrected chi connectivity index (χ1v) is 12.3. The average molecular weight is 455 g/mol. The Morgan fingerprint density at radius 1 is 1.19 bits per heavy atom. The van der Waals surface area contributed by atoms with Gasteiger partial charge in [-0.2, -0.15) is 4.37 Å². The third kappa shape index (κ3) is 7.75. The summed E-state index contributed by atoms with van der Waals surface area (Å²) in [5.74, 6) is 1.05. The molecule has 2 unspecified atom stereocenters. The van der Waals surface area contributed by atoms with Crippen molar-refractivity contribution >= 4 is 23.5 Å². The van der Waals surface area contributed by atoms with Gasteiger partial charge in [-0.3, -0.25) is 4.48 Å². The van der Waals surface area contributed by atoms with Crippen LogP contribution in [0.15, 0.2) is 6.08 Å². The van der Waals surface area contributed by atoms with Gasteiger partial charge in [-0.15, -0.1) is 4.37 Å². The van der Waals surface area contributed by atoms with E-state index in [4.69, 9.17) is 14.2 Å². The number of nitrogens with zero attached hydrogens (tertiary/aromatic N) is 3. The zero-order chi connectivity index (χ0) is 22.9. The summed E-state index contributed by atoms with van der Waals surface area (Å²) in [6, 6.07) is 0. The smallest absolute Gasteiger partial charge is 0.475 e. The molecule has 1 aliphatic heterocycles. The van der Waals surface area contributed by atoms with Gasteiger partial charge in [0.25, 0.3) is 5.88 Å². The van der Waals surface area contributed by atoms with E-state index in [2.05, 4.69) is 42.6 Å². The van der Waals surface area contributed by atoms with Crippen LogP contribution in [0.4, 0.5) is 4.79 Å². The number of hydrogen-bond donors (Lipinski definition) is 0. The molecular weight excluding hydrogens is 414 g/mol. The monoisotopic (exact) mass is 454 g/mol. The lowest BCUT2D eigenvalue weighted by Crippen LogP contribution is -2.58. The lowest BCUT2D eigenvalue weighted by Gasteiger charge is -2.44. The highest BCUT2D eigenvalue weighted by Crippen LogP contribution is 2.33. The van der Waals surface area contributed by atoms with Gasteiger partial charge in [-0.05, 0) is 12.3 Å². The molecule has 0 aromatic carbocycles. The summed E-state index contributed by atoms with van der Waals surface area (Å²) in [5.41, 5.74) is 1.94. The number of rotatable bonds is 12. The third-order valence-electron chi connectivity index (χ3n) is 5.50. The van der Waals surface area contributed by atoms with E-state index >= 15 is 0 Å². The van der Waals surface area contributed by atoms with Crippen molar-refractivity contribution in [3.05, 3.63) is 11.8 Å². The van der Waals surface area contributed by atoms with E-state index in [1.807, 2.05) is 13.8 Å². The second kappa shape index (κ2) is 12.4. The predicted octanol–water partition coefficient (Wildman–Crippen LogP) is 5.52. The summed E-state index contributed by atoms with van der Waals surface area (Å²) >= 11 is 1.18. The van der Waals surface area contributed by atoms with E-state index in [1.165, 1.54) is 31.0 Å². The number of quaternary nitrogens is 1. The lowest BCUT2D eigenvalue weighted by molar-refractivity contribution is -0.950. The van der Waals surface area contributed by atoms with Gasteiger partial charge in [0.05, 0.1) is 38.5 Å². The fourth-order valence-electron chi connectivity index (χ4n) is 3.97. The molecule has 0 radical (unpaired) electrons. The second-order valence-corrected chi connectivity index (χ2v) is 9.94. The van der Waals surface area contributed by atoms with Crippen LogP contribution in [0.2, 0.25) is 0 Å². The summed E-state index contributed by atoms with van der Waals surface area (Å²) < 4.78 is 26.6. The van der Waals surface area contributed by atoms with Crippen LogP contribution in [-0.2, 0) is 9.47 Å². The molecule has 0 N–H and O–H groups in total. The van der Waals surface area contributed by atoms with E-state index in [1.54, 1.807) is 0 Å². The molecule has 8 heteroatoms. The second-order valence-electron chi connectivity index (χ2n) is 9.41. The quantitative estimate of drug-likeness (QED) is 0.235. The largest absolute Gasteiger partial charge is 0.512 e.